The maximum Gasteiger partial charge on any atom is 0.251 e. The van der Waals surface area contributed by atoms with E-state index in [1.54, 1.807) is 0 Å². The SMILES string of the molecule is CC(C)C(=O)Nc1cccc(CNC(=O)c2ccc(N(C)C)cc2)c1. The number of carbonyl (C=O) groups is 2. The molecule has 0 unspecified atom stereocenters. The van der Waals surface area contributed by atoms with Crippen molar-refractivity contribution in [3.8, 4) is 0 Å². The molecule has 0 radical (unpaired) electrons. The highest BCUT2D eigenvalue weighted by Crippen LogP contribution is 2.14. The van der Waals surface area contributed by atoms with Crippen LogP contribution in [-0.4, -0.2) is 25.9 Å². The molecule has 0 aromatic heterocycles. The van der Waals surface area contributed by atoms with Gasteiger partial charge < -0.3 is 15.5 Å². The summed E-state index contributed by atoms with van der Waals surface area (Å²) in [6, 6.07) is 14.9. The smallest absolute Gasteiger partial charge is 0.251 e. The van der Waals surface area contributed by atoms with Crippen molar-refractivity contribution < 1.29 is 9.59 Å². The number of hydrogen-bond donors (Lipinski definition) is 2. The van der Waals surface area contributed by atoms with Crippen LogP contribution in [0.4, 0.5) is 11.4 Å². The molecule has 0 aliphatic heterocycles. The summed E-state index contributed by atoms with van der Waals surface area (Å²) in [5.41, 5.74) is 3.33. The minimum Gasteiger partial charge on any atom is -0.378 e. The molecule has 2 aromatic rings. The van der Waals surface area contributed by atoms with E-state index in [1.165, 1.54) is 0 Å². The highest BCUT2D eigenvalue weighted by atomic mass is 16.2. The quantitative estimate of drug-likeness (QED) is 0.849. The zero-order valence-corrected chi connectivity index (χ0v) is 15.2. The number of nitrogens with zero attached hydrogens (tertiary/aromatic N) is 1. The van der Waals surface area contributed by atoms with Crippen molar-refractivity contribution in [3.05, 3.63) is 59.7 Å². The third-order valence-corrected chi connectivity index (χ3v) is 3.82. The molecule has 0 atom stereocenters. The molecular formula is C20H25N3O2. The second-order valence-electron chi connectivity index (χ2n) is 6.47. The van der Waals surface area contributed by atoms with E-state index < -0.39 is 0 Å². The molecule has 0 bridgehead atoms. The lowest BCUT2D eigenvalue weighted by atomic mass is 10.1. The van der Waals surface area contributed by atoms with Gasteiger partial charge in [0, 0.05) is 43.5 Å². The third kappa shape index (κ3) is 5.35. The maximum atomic E-state index is 12.3. The van der Waals surface area contributed by atoms with Crippen molar-refractivity contribution in [2.45, 2.75) is 20.4 Å². The highest BCUT2D eigenvalue weighted by Gasteiger charge is 2.08. The Hall–Kier alpha value is -2.82. The van der Waals surface area contributed by atoms with Crippen LogP contribution in [0.15, 0.2) is 48.5 Å². The first-order chi connectivity index (χ1) is 11.9. The first-order valence-corrected chi connectivity index (χ1v) is 8.32. The summed E-state index contributed by atoms with van der Waals surface area (Å²) >= 11 is 0. The molecular weight excluding hydrogens is 314 g/mol. The number of nitrogens with one attached hydrogen (secondary N) is 2. The topological polar surface area (TPSA) is 61.4 Å². The van der Waals surface area contributed by atoms with Gasteiger partial charge in [0.15, 0.2) is 0 Å². The van der Waals surface area contributed by atoms with Gasteiger partial charge in [-0.05, 0) is 42.0 Å². The second-order valence-corrected chi connectivity index (χ2v) is 6.47. The van der Waals surface area contributed by atoms with Crippen molar-refractivity contribution in [3.63, 3.8) is 0 Å². The van der Waals surface area contributed by atoms with Crippen LogP contribution in [-0.2, 0) is 11.3 Å². The molecule has 0 aliphatic carbocycles. The Labute approximate surface area is 149 Å². The molecule has 2 amide bonds. The molecule has 25 heavy (non-hydrogen) atoms. The number of anilines is 2. The van der Waals surface area contributed by atoms with Crippen LogP contribution in [0.5, 0.6) is 0 Å². The van der Waals surface area contributed by atoms with Gasteiger partial charge in [0.25, 0.3) is 5.91 Å². The number of amides is 2. The fraction of sp³-hybridized carbons (Fsp3) is 0.300. The summed E-state index contributed by atoms with van der Waals surface area (Å²) < 4.78 is 0. The summed E-state index contributed by atoms with van der Waals surface area (Å²) in [4.78, 5) is 26.0. The van der Waals surface area contributed by atoms with Gasteiger partial charge >= 0.3 is 0 Å². The average Bonchev–Trinajstić information content (AvgIpc) is 2.60. The summed E-state index contributed by atoms with van der Waals surface area (Å²) in [6.07, 6.45) is 0. The molecule has 2 N–H and O–H groups in total. The number of rotatable bonds is 6. The molecule has 0 spiro atoms. The van der Waals surface area contributed by atoms with Crippen molar-refractivity contribution in [1.29, 1.82) is 0 Å². The Balaban J connectivity index is 1.96. The van der Waals surface area contributed by atoms with Crippen molar-refractivity contribution in [2.75, 3.05) is 24.3 Å². The van der Waals surface area contributed by atoms with E-state index in [4.69, 9.17) is 0 Å². The van der Waals surface area contributed by atoms with Crippen molar-refractivity contribution >= 4 is 23.2 Å². The van der Waals surface area contributed by atoms with Gasteiger partial charge in [-0.15, -0.1) is 0 Å². The Morgan fingerprint density at radius 2 is 1.72 bits per heavy atom. The molecule has 0 heterocycles. The molecule has 2 rings (SSSR count). The largest absolute Gasteiger partial charge is 0.378 e. The van der Waals surface area contributed by atoms with Crippen LogP contribution in [0.2, 0.25) is 0 Å². The van der Waals surface area contributed by atoms with Crippen LogP contribution in [0.3, 0.4) is 0 Å². The zero-order valence-electron chi connectivity index (χ0n) is 15.2. The predicted octanol–water partition coefficient (Wildman–Crippen LogP) is 3.28. The molecule has 0 fully saturated rings. The minimum atomic E-state index is -0.123. The average molecular weight is 339 g/mol. The lowest BCUT2D eigenvalue weighted by molar-refractivity contribution is -0.118. The van der Waals surface area contributed by atoms with E-state index in [0.717, 1.165) is 16.9 Å². The minimum absolute atomic E-state index is 0.0258. The predicted molar refractivity (Wildman–Crippen MR) is 102 cm³/mol. The van der Waals surface area contributed by atoms with Gasteiger partial charge in [-0.25, -0.2) is 0 Å². The first-order valence-electron chi connectivity index (χ1n) is 8.32. The first kappa shape index (κ1) is 18.5. The van der Waals surface area contributed by atoms with Crippen LogP contribution in [0.25, 0.3) is 0 Å². The van der Waals surface area contributed by atoms with E-state index in [0.29, 0.717) is 12.1 Å². The van der Waals surface area contributed by atoms with Crippen LogP contribution in [0.1, 0.15) is 29.8 Å². The van der Waals surface area contributed by atoms with E-state index >= 15 is 0 Å². The Morgan fingerprint density at radius 1 is 1.04 bits per heavy atom. The van der Waals surface area contributed by atoms with Gasteiger partial charge in [0.1, 0.15) is 0 Å². The monoisotopic (exact) mass is 339 g/mol. The van der Waals surface area contributed by atoms with Crippen LogP contribution < -0.4 is 15.5 Å². The fourth-order valence-electron chi connectivity index (χ4n) is 2.24. The van der Waals surface area contributed by atoms with Gasteiger partial charge in [-0.2, -0.15) is 0 Å². The molecule has 2 aromatic carbocycles. The molecule has 0 aliphatic rings. The molecule has 0 saturated heterocycles. The molecule has 5 nitrogen and oxygen atoms in total. The summed E-state index contributed by atoms with van der Waals surface area (Å²) in [7, 11) is 3.92. The van der Waals surface area contributed by atoms with E-state index in [2.05, 4.69) is 10.6 Å². The Morgan fingerprint density at radius 3 is 2.32 bits per heavy atom. The van der Waals surface area contributed by atoms with Gasteiger partial charge in [-0.1, -0.05) is 26.0 Å². The maximum absolute atomic E-state index is 12.3. The molecule has 132 valence electrons. The summed E-state index contributed by atoms with van der Waals surface area (Å²) in [6.45, 7) is 4.10. The van der Waals surface area contributed by atoms with E-state index in [1.807, 2.05) is 81.4 Å². The third-order valence-electron chi connectivity index (χ3n) is 3.82. The van der Waals surface area contributed by atoms with Gasteiger partial charge in [-0.3, -0.25) is 9.59 Å². The summed E-state index contributed by atoms with van der Waals surface area (Å²) in [5.74, 6) is -0.224. The molecule has 5 heteroatoms. The van der Waals surface area contributed by atoms with Crippen molar-refractivity contribution in [1.82, 2.24) is 5.32 Å². The standard InChI is InChI=1S/C20H25N3O2/c1-14(2)19(24)22-17-7-5-6-15(12-17)13-21-20(25)16-8-10-18(11-9-16)23(3)4/h5-12,14H,13H2,1-4H3,(H,21,25)(H,22,24). The Bertz CT molecular complexity index is 737. The second kappa shape index (κ2) is 8.33. The highest BCUT2D eigenvalue weighted by molar-refractivity contribution is 5.94. The molecule has 0 saturated carbocycles. The zero-order chi connectivity index (χ0) is 18.4. The lowest BCUT2D eigenvalue weighted by Gasteiger charge is -2.13. The number of carbonyl (C=O) groups excluding carboxylic acids is 2. The Kier molecular flexibility index (Phi) is 6.17. The normalized spacial score (nSPS) is 10.4. The summed E-state index contributed by atoms with van der Waals surface area (Å²) in [5, 5.41) is 5.76. The van der Waals surface area contributed by atoms with Crippen LogP contribution in [0, 0.1) is 5.92 Å². The van der Waals surface area contributed by atoms with Crippen LogP contribution >= 0.6 is 0 Å². The number of benzene rings is 2. The van der Waals surface area contributed by atoms with Crippen molar-refractivity contribution in [2.24, 2.45) is 5.92 Å². The van der Waals surface area contributed by atoms with E-state index in [9.17, 15) is 9.59 Å². The van der Waals surface area contributed by atoms with Gasteiger partial charge in [0.05, 0.1) is 0 Å². The lowest BCUT2D eigenvalue weighted by Crippen LogP contribution is -2.23. The van der Waals surface area contributed by atoms with Gasteiger partial charge in [0.2, 0.25) is 5.91 Å². The van der Waals surface area contributed by atoms with E-state index in [-0.39, 0.29) is 17.7 Å². The fourth-order valence-corrected chi connectivity index (χ4v) is 2.24. The number of hydrogen-bond acceptors (Lipinski definition) is 3.